The van der Waals surface area contributed by atoms with Gasteiger partial charge in [0, 0.05) is 45.8 Å². The van der Waals surface area contributed by atoms with E-state index in [9.17, 15) is 4.79 Å². The lowest BCUT2D eigenvalue weighted by molar-refractivity contribution is 0.0827. The Balaban J connectivity index is 1.79. The highest BCUT2D eigenvalue weighted by Crippen LogP contribution is 2.15. The highest BCUT2D eigenvalue weighted by molar-refractivity contribution is 5.94. The molecule has 0 aliphatic carbocycles. The number of likely N-dealkylation sites (N-methyl/N-ethyl adjacent to an activating group) is 1. The van der Waals surface area contributed by atoms with Gasteiger partial charge in [0.05, 0.1) is 0 Å². The summed E-state index contributed by atoms with van der Waals surface area (Å²) >= 11 is 0. The molecular weight excluding hydrogens is 338 g/mol. The zero-order chi connectivity index (χ0) is 19.6. The summed E-state index contributed by atoms with van der Waals surface area (Å²) in [6.07, 6.45) is 4.73. The van der Waals surface area contributed by atoms with E-state index in [2.05, 4.69) is 33.5 Å². The Labute approximate surface area is 164 Å². The van der Waals surface area contributed by atoms with Gasteiger partial charge in [0.1, 0.15) is 0 Å². The Kier molecular flexibility index (Phi) is 8.58. The Hall–Kier alpha value is -2.08. The minimum Gasteiger partial charge on any atom is -0.356 e. The van der Waals surface area contributed by atoms with Crippen molar-refractivity contribution in [3.63, 3.8) is 0 Å². The van der Waals surface area contributed by atoms with Crippen LogP contribution in [0, 0.1) is 0 Å². The second-order valence-corrected chi connectivity index (χ2v) is 7.31. The number of likely N-dealkylation sites (tertiary alicyclic amines) is 1. The first-order valence-corrected chi connectivity index (χ1v) is 10.0. The van der Waals surface area contributed by atoms with Crippen molar-refractivity contribution in [2.45, 2.75) is 38.6 Å². The van der Waals surface area contributed by atoms with E-state index in [0.29, 0.717) is 6.04 Å². The minimum atomic E-state index is 0.0373. The molecule has 1 saturated heterocycles. The van der Waals surface area contributed by atoms with Crippen molar-refractivity contribution in [1.82, 2.24) is 20.4 Å². The molecule has 1 aromatic carbocycles. The number of hydrogen-bond donors (Lipinski definition) is 2. The zero-order valence-corrected chi connectivity index (χ0v) is 17.3. The topological polar surface area (TPSA) is 60.0 Å². The number of aliphatic imine (C=N–C) groups is 1. The third kappa shape index (κ3) is 6.54. The van der Waals surface area contributed by atoms with Crippen molar-refractivity contribution in [2.75, 3.05) is 47.3 Å². The molecule has 1 aliphatic heterocycles. The van der Waals surface area contributed by atoms with Gasteiger partial charge in [-0.05, 0) is 50.0 Å². The van der Waals surface area contributed by atoms with Crippen LogP contribution < -0.4 is 10.6 Å². The summed E-state index contributed by atoms with van der Waals surface area (Å²) < 4.78 is 0. The molecule has 6 nitrogen and oxygen atoms in total. The van der Waals surface area contributed by atoms with Crippen LogP contribution in [0.15, 0.2) is 29.3 Å². The van der Waals surface area contributed by atoms with Crippen LogP contribution in [0.25, 0.3) is 0 Å². The van der Waals surface area contributed by atoms with Crippen molar-refractivity contribution >= 4 is 11.9 Å². The van der Waals surface area contributed by atoms with E-state index < -0.39 is 0 Å². The van der Waals surface area contributed by atoms with Crippen LogP contribution in [0.4, 0.5) is 0 Å². The number of nitrogens with zero attached hydrogens (tertiary/aromatic N) is 3. The number of carbonyl (C=O) groups is 1. The van der Waals surface area contributed by atoms with Crippen molar-refractivity contribution < 1.29 is 4.79 Å². The van der Waals surface area contributed by atoms with Gasteiger partial charge in [0.25, 0.3) is 5.91 Å². The molecule has 1 heterocycles. The van der Waals surface area contributed by atoms with Crippen molar-refractivity contribution in [1.29, 1.82) is 0 Å². The highest BCUT2D eigenvalue weighted by atomic mass is 16.2. The fraction of sp³-hybridized carbons (Fsp3) is 0.619. The first kappa shape index (κ1) is 21.2. The quantitative estimate of drug-likeness (QED) is 0.567. The largest absolute Gasteiger partial charge is 0.356 e. The number of hydrogen-bond acceptors (Lipinski definition) is 3. The molecule has 1 atom stereocenters. The minimum absolute atomic E-state index is 0.0373. The Morgan fingerprint density at radius 1 is 1.30 bits per heavy atom. The van der Waals surface area contributed by atoms with Crippen LogP contribution in [-0.2, 0) is 6.42 Å². The first-order valence-electron chi connectivity index (χ1n) is 10.0. The van der Waals surface area contributed by atoms with Crippen molar-refractivity contribution in [3.8, 4) is 0 Å². The fourth-order valence-corrected chi connectivity index (χ4v) is 3.59. The van der Waals surface area contributed by atoms with Gasteiger partial charge >= 0.3 is 0 Å². The molecule has 0 radical (unpaired) electrons. The number of benzene rings is 1. The third-order valence-electron chi connectivity index (χ3n) is 5.17. The molecule has 150 valence electrons. The normalized spacial score (nSPS) is 18.2. The molecule has 6 heteroatoms. The average Bonchev–Trinajstić information content (AvgIpc) is 2.70. The average molecular weight is 374 g/mol. The summed E-state index contributed by atoms with van der Waals surface area (Å²) in [4.78, 5) is 20.6. The third-order valence-corrected chi connectivity index (χ3v) is 5.17. The SMILES string of the molecule is CCN1CCCCC1CNC(=NC)NCCc1cccc(C(=O)N(C)C)c1. The number of amides is 1. The van der Waals surface area contributed by atoms with E-state index in [-0.39, 0.29) is 5.91 Å². The molecule has 1 unspecified atom stereocenters. The number of piperidine rings is 1. The number of carbonyl (C=O) groups excluding carboxylic acids is 1. The monoisotopic (exact) mass is 373 g/mol. The predicted molar refractivity (Wildman–Crippen MR) is 112 cm³/mol. The van der Waals surface area contributed by atoms with Gasteiger partial charge in [-0.1, -0.05) is 25.5 Å². The van der Waals surface area contributed by atoms with Crippen LogP contribution in [0.2, 0.25) is 0 Å². The molecule has 0 spiro atoms. The van der Waals surface area contributed by atoms with E-state index in [1.165, 1.54) is 25.8 Å². The molecular formula is C21H35N5O. The summed E-state index contributed by atoms with van der Waals surface area (Å²) in [6.45, 7) is 6.26. The van der Waals surface area contributed by atoms with E-state index in [0.717, 1.165) is 43.1 Å². The van der Waals surface area contributed by atoms with Crippen molar-refractivity contribution in [3.05, 3.63) is 35.4 Å². The van der Waals surface area contributed by atoms with Gasteiger partial charge in [-0.3, -0.25) is 14.7 Å². The van der Waals surface area contributed by atoms with Gasteiger partial charge in [-0.2, -0.15) is 0 Å². The Morgan fingerprint density at radius 2 is 2.11 bits per heavy atom. The molecule has 0 aromatic heterocycles. The van der Waals surface area contributed by atoms with Gasteiger partial charge in [0.15, 0.2) is 5.96 Å². The molecule has 2 N–H and O–H groups in total. The van der Waals surface area contributed by atoms with E-state index in [1.807, 2.05) is 25.2 Å². The molecule has 0 bridgehead atoms. The molecule has 2 rings (SSSR count). The van der Waals surface area contributed by atoms with Crippen LogP contribution in [0.1, 0.15) is 42.1 Å². The maximum absolute atomic E-state index is 12.1. The summed E-state index contributed by atoms with van der Waals surface area (Å²) in [5.74, 6) is 0.882. The second kappa shape index (κ2) is 10.9. The lowest BCUT2D eigenvalue weighted by Gasteiger charge is -2.35. The second-order valence-electron chi connectivity index (χ2n) is 7.31. The molecule has 1 aromatic rings. The van der Waals surface area contributed by atoms with Crippen LogP contribution in [0.5, 0.6) is 0 Å². The van der Waals surface area contributed by atoms with Gasteiger partial charge in [-0.25, -0.2) is 0 Å². The summed E-state index contributed by atoms with van der Waals surface area (Å²) in [5.41, 5.74) is 1.88. The standard InChI is InChI=1S/C21H35N5O/c1-5-26-14-7-6-11-19(26)16-24-21(22-2)23-13-12-17-9-8-10-18(15-17)20(27)25(3)4/h8-10,15,19H,5-7,11-14,16H2,1-4H3,(H2,22,23,24). The lowest BCUT2D eigenvalue weighted by Crippen LogP contribution is -2.49. The predicted octanol–water partition coefficient (Wildman–Crippen LogP) is 1.97. The molecule has 1 aliphatic rings. The zero-order valence-electron chi connectivity index (χ0n) is 17.3. The smallest absolute Gasteiger partial charge is 0.253 e. The van der Waals surface area contributed by atoms with Gasteiger partial charge < -0.3 is 15.5 Å². The number of guanidine groups is 1. The van der Waals surface area contributed by atoms with Crippen LogP contribution >= 0.6 is 0 Å². The highest BCUT2D eigenvalue weighted by Gasteiger charge is 2.20. The van der Waals surface area contributed by atoms with E-state index in [4.69, 9.17) is 0 Å². The van der Waals surface area contributed by atoms with Gasteiger partial charge in [0.2, 0.25) is 0 Å². The maximum atomic E-state index is 12.1. The fourth-order valence-electron chi connectivity index (χ4n) is 3.59. The first-order chi connectivity index (χ1) is 13.0. The number of nitrogens with one attached hydrogen (secondary N) is 2. The lowest BCUT2D eigenvalue weighted by atomic mass is 10.0. The summed E-state index contributed by atoms with van der Waals surface area (Å²) in [5, 5.41) is 6.86. The van der Waals surface area contributed by atoms with Gasteiger partial charge in [-0.15, -0.1) is 0 Å². The summed E-state index contributed by atoms with van der Waals surface area (Å²) in [7, 11) is 5.36. The molecule has 1 fully saturated rings. The maximum Gasteiger partial charge on any atom is 0.253 e. The van der Waals surface area contributed by atoms with E-state index >= 15 is 0 Å². The molecule has 0 saturated carbocycles. The number of rotatable bonds is 7. The van der Waals surface area contributed by atoms with E-state index in [1.54, 1.807) is 19.0 Å². The Morgan fingerprint density at radius 3 is 2.81 bits per heavy atom. The Bertz CT molecular complexity index is 629. The van der Waals surface area contributed by atoms with Crippen LogP contribution in [-0.4, -0.2) is 75.0 Å². The van der Waals surface area contributed by atoms with Crippen LogP contribution in [0.3, 0.4) is 0 Å². The van der Waals surface area contributed by atoms with Crippen molar-refractivity contribution in [2.24, 2.45) is 4.99 Å². The molecule has 1 amide bonds. The molecule has 27 heavy (non-hydrogen) atoms. The summed E-state index contributed by atoms with van der Waals surface area (Å²) in [6, 6.07) is 8.44.